The fourth-order valence-electron chi connectivity index (χ4n) is 5.19. The number of rotatable bonds is 7. The molecule has 3 amide bonds. The Morgan fingerprint density at radius 2 is 2.06 bits per heavy atom. The molecule has 0 radical (unpaired) electrons. The summed E-state index contributed by atoms with van der Waals surface area (Å²) in [4.78, 5) is 40.6. The Hall–Kier alpha value is -3.20. The van der Waals surface area contributed by atoms with Crippen LogP contribution in [-0.4, -0.2) is 62.5 Å². The molecule has 0 saturated carbocycles. The number of aryl methyl sites for hydroxylation is 1. The van der Waals surface area contributed by atoms with Gasteiger partial charge in [-0.25, -0.2) is 0 Å². The van der Waals surface area contributed by atoms with Crippen LogP contribution in [0, 0.1) is 0 Å². The Morgan fingerprint density at radius 1 is 1.18 bits per heavy atom. The van der Waals surface area contributed by atoms with Crippen LogP contribution in [0.15, 0.2) is 30.6 Å². The fourth-order valence-corrected chi connectivity index (χ4v) is 5.19. The Balaban J connectivity index is 1.22. The molecular formula is C25H31N5O4. The van der Waals surface area contributed by atoms with Gasteiger partial charge < -0.3 is 9.64 Å². The summed E-state index contributed by atoms with van der Waals surface area (Å²) in [6.45, 7) is 5.82. The minimum Gasteiger partial charge on any atom is -0.492 e. The number of aromatic nitrogens is 2. The van der Waals surface area contributed by atoms with E-state index in [0.717, 1.165) is 37.4 Å². The van der Waals surface area contributed by atoms with Crippen LogP contribution in [0.1, 0.15) is 60.5 Å². The first-order valence-corrected chi connectivity index (χ1v) is 12.2. The maximum atomic E-state index is 12.9. The molecule has 2 saturated heterocycles. The topological polar surface area (TPSA) is 96.8 Å². The first-order chi connectivity index (χ1) is 16.5. The van der Waals surface area contributed by atoms with Crippen molar-refractivity contribution in [1.29, 1.82) is 0 Å². The van der Waals surface area contributed by atoms with Crippen LogP contribution in [0.4, 0.5) is 0 Å². The van der Waals surface area contributed by atoms with Gasteiger partial charge in [0.1, 0.15) is 18.4 Å². The van der Waals surface area contributed by atoms with Crippen molar-refractivity contribution in [3.63, 3.8) is 0 Å². The van der Waals surface area contributed by atoms with Crippen molar-refractivity contribution in [2.75, 3.05) is 13.2 Å². The number of fused-ring (bicyclic) bond motifs is 1. The zero-order valence-corrected chi connectivity index (χ0v) is 19.5. The summed E-state index contributed by atoms with van der Waals surface area (Å²) >= 11 is 0. The molecule has 1 N–H and O–H groups in total. The van der Waals surface area contributed by atoms with Crippen LogP contribution in [0.25, 0.3) is 0 Å². The minimum absolute atomic E-state index is 0.165. The van der Waals surface area contributed by atoms with Crippen molar-refractivity contribution in [2.45, 2.75) is 70.7 Å². The molecular weight excluding hydrogens is 434 g/mol. The Morgan fingerprint density at radius 3 is 2.85 bits per heavy atom. The van der Waals surface area contributed by atoms with Crippen LogP contribution in [0.2, 0.25) is 0 Å². The number of piperidine rings is 2. The normalized spacial score (nSPS) is 23.2. The number of nitrogens with zero attached hydrogens (tertiary/aromatic N) is 4. The molecule has 2 aromatic rings. The zero-order chi connectivity index (χ0) is 23.7. The van der Waals surface area contributed by atoms with Crippen LogP contribution in [0.5, 0.6) is 5.75 Å². The standard InChI is InChI=1S/C25H31N5O4/c1-2-29-14-17(12-26-29)13-28-10-4-3-5-19(28)16-34-20-6-7-21-18(11-20)15-30(25(21)33)22-8-9-23(31)27-24(22)32/h6-7,11-12,14,19,22H,2-5,8-10,13,15-16H2,1H3,(H,27,31,32)/t19-,22?/m1/s1. The molecule has 0 aliphatic carbocycles. The van der Waals surface area contributed by atoms with Crippen molar-refractivity contribution in [3.05, 3.63) is 47.3 Å². The quantitative estimate of drug-likeness (QED) is 0.629. The average molecular weight is 466 g/mol. The smallest absolute Gasteiger partial charge is 0.255 e. The highest BCUT2D eigenvalue weighted by Gasteiger charge is 2.39. The molecule has 4 heterocycles. The van der Waals surface area contributed by atoms with Crippen molar-refractivity contribution in [2.24, 2.45) is 0 Å². The van der Waals surface area contributed by atoms with Gasteiger partial charge in [0, 0.05) is 49.4 Å². The molecule has 0 spiro atoms. The number of ether oxygens (including phenoxy) is 1. The number of benzene rings is 1. The van der Waals surface area contributed by atoms with Gasteiger partial charge in [-0.1, -0.05) is 6.42 Å². The fraction of sp³-hybridized carbons (Fsp3) is 0.520. The van der Waals surface area contributed by atoms with E-state index in [1.165, 1.54) is 18.4 Å². The largest absolute Gasteiger partial charge is 0.492 e. The van der Waals surface area contributed by atoms with E-state index in [0.29, 0.717) is 31.2 Å². The SMILES string of the molecule is CCn1cc(CN2CCCC[C@@H]2COc2ccc3c(c2)CN(C2CCC(=O)NC2=O)C3=O)cn1. The summed E-state index contributed by atoms with van der Waals surface area (Å²) in [7, 11) is 0. The monoisotopic (exact) mass is 465 g/mol. The van der Waals surface area contributed by atoms with E-state index in [2.05, 4.69) is 28.4 Å². The molecule has 9 nitrogen and oxygen atoms in total. The minimum atomic E-state index is -0.602. The molecule has 5 rings (SSSR count). The van der Waals surface area contributed by atoms with Crippen molar-refractivity contribution < 1.29 is 19.1 Å². The number of hydrogen-bond donors (Lipinski definition) is 1. The van der Waals surface area contributed by atoms with Gasteiger partial charge in [-0.15, -0.1) is 0 Å². The van der Waals surface area contributed by atoms with Gasteiger partial charge in [0.2, 0.25) is 11.8 Å². The average Bonchev–Trinajstić information content (AvgIpc) is 3.42. The second-order valence-electron chi connectivity index (χ2n) is 9.35. The maximum Gasteiger partial charge on any atom is 0.255 e. The molecule has 0 bridgehead atoms. The lowest BCUT2D eigenvalue weighted by atomic mass is 10.0. The summed E-state index contributed by atoms with van der Waals surface area (Å²) in [5, 5.41) is 6.73. The number of carbonyl (C=O) groups excluding carboxylic acids is 3. The van der Waals surface area contributed by atoms with E-state index in [1.54, 1.807) is 11.0 Å². The zero-order valence-electron chi connectivity index (χ0n) is 19.5. The molecule has 34 heavy (non-hydrogen) atoms. The third-order valence-electron chi connectivity index (χ3n) is 7.08. The number of nitrogens with one attached hydrogen (secondary N) is 1. The van der Waals surface area contributed by atoms with Crippen LogP contribution >= 0.6 is 0 Å². The predicted octanol–water partition coefficient (Wildman–Crippen LogP) is 2.10. The summed E-state index contributed by atoms with van der Waals surface area (Å²) in [6.07, 6.45) is 8.15. The highest BCUT2D eigenvalue weighted by molar-refractivity contribution is 6.05. The Kier molecular flexibility index (Phi) is 6.36. The van der Waals surface area contributed by atoms with Crippen LogP contribution in [0.3, 0.4) is 0 Å². The Labute approximate surface area is 199 Å². The number of amides is 3. The summed E-state index contributed by atoms with van der Waals surface area (Å²) < 4.78 is 8.15. The lowest BCUT2D eigenvalue weighted by Gasteiger charge is -2.35. The highest BCUT2D eigenvalue weighted by atomic mass is 16.5. The third-order valence-corrected chi connectivity index (χ3v) is 7.08. The second kappa shape index (κ2) is 9.58. The summed E-state index contributed by atoms with van der Waals surface area (Å²) in [5.41, 5.74) is 2.68. The molecule has 2 atom stereocenters. The van der Waals surface area contributed by atoms with E-state index in [4.69, 9.17) is 4.74 Å². The van der Waals surface area contributed by atoms with Gasteiger partial charge >= 0.3 is 0 Å². The van der Waals surface area contributed by atoms with Gasteiger partial charge in [-0.2, -0.15) is 5.10 Å². The van der Waals surface area contributed by atoms with Gasteiger partial charge in [-0.05, 0) is 56.5 Å². The lowest BCUT2D eigenvalue weighted by molar-refractivity contribution is -0.136. The van der Waals surface area contributed by atoms with Crippen molar-refractivity contribution in [3.8, 4) is 5.75 Å². The lowest BCUT2D eigenvalue weighted by Crippen LogP contribution is -2.52. The number of imide groups is 1. The first kappa shape index (κ1) is 22.6. The molecule has 1 aromatic heterocycles. The highest BCUT2D eigenvalue weighted by Crippen LogP contribution is 2.30. The number of likely N-dealkylation sites (tertiary alicyclic amines) is 1. The summed E-state index contributed by atoms with van der Waals surface area (Å²) in [6, 6.07) is 5.26. The van der Waals surface area contributed by atoms with E-state index in [1.807, 2.05) is 23.0 Å². The van der Waals surface area contributed by atoms with Crippen LogP contribution in [-0.2, 0) is 29.2 Å². The Bertz CT molecular complexity index is 1100. The molecule has 3 aliphatic heterocycles. The van der Waals surface area contributed by atoms with Crippen molar-refractivity contribution in [1.82, 2.24) is 24.9 Å². The molecule has 2 fully saturated rings. The summed E-state index contributed by atoms with van der Waals surface area (Å²) in [5.74, 6) is -0.101. The van der Waals surface area contributed by atoms with E-state index in [9.17, 15) is 14.4 Å². The van der Waals surface area contributed by atoms with Gasteiger partial charge in [0.05, 0.1) is 6.20 Å². The molecule has 9 heteroatoms. The van der Waals surface area contributed by atoms with E-state index in [-0.39, 0.29) is 18.2 Å². The molecule has 1 unspecified atom stereocenters. The van der Waals surface area contributed by atoms with Gasteiger partial charge in [-0.3, -0.25) is 29.3 Å². The van der Waals surface area contributed by atoms with Crippen molar-refractivity contribution >= 4 is 17.7 Å². The third kappa shape index (κ3) is 4.57. The van der Waals surface area contributed by atoms with E-state index < -0.39 is 11.9 Å². The first-order valence-electron chi connectivity index (χ1n) is 12.2. The van der Waals surface area contributed by atoms with E-state index >= 15 is 0 Å². The number of carbonyl (C=O) groups is 3. The maximum absolute atomic E-state index is 12.9. The second-order valence-corrected chi connectivity index (χ2v) is 9.35. The molecule has 3 aliphatic rings. The van der Waals surface area contributed by atoms with Gasteiger partial charge in [0.25, 0.3) is 5.91 Å². The molecule has 1 aromatic carbocycles. The van der Waals surface area contributed by atoms with Gasteiger partial charge in [0.15, 0.2) is 0 Å². The van der Waals surface area contributed by atoms with Crippen LogP contribution < -0.4 is 10.1 Å². The number of hydrogen-bond acceptors (Lipinski definition) is 6. The molecule has 180 valence electrons. The predicted molar refractivity (Wildman–Crippen MR) is 124 cm³/mol.